The fourth-order valence-electron chi connectivity index (χ4n) is 2.42. The Morgan fingerprint density at radius 3 is 2.46 bits per heavy atom. The molecule has 0 bridgehead atoms. The van der Waals surface area contributed by atoms with Gasteiger partial charge in [0.05, 0.1) is 11.5 Å². The monoisotopic (exact) mass is 386 g/mol. The molecule has 2 rings (SSSR count). The Morgan fingerprint density at radius 2 is 1.79 bits per heavy atom. The molecule has 2 aromatic carbocycles. The molecule has 0 aliphatic carbocycles. The number of aryl methyl sites for hydroxylation is 1. The second-order valence-electron chi connectivity index (χ2n) is 6.14. The van der Waals surface area contributed by atoms with E-state index >= 15 is 0 Å². The summed E-state index contributed by atoms with van der Waals surface area (Å²) in [5.41, 5.74) is 1.59. The second kappa shape index (κ2) is 9.91. The van der Waals surface area contributed by atoms with Gasteiger partial charge in [-0.25, -0.2) is 0 Å². The molecule has 9 nitrogen and oxygen atoms in total. The van der Waals surface area contributed by atoms with Gasteiger partial charge in [-0.1, -0.05) is 6.07 Å². The van der Waals surface area contributed by atoms with E-state index in [4.69, 9.17) is 0 Å². The van der Waals surface area contributed by atoms with Crippen molar-refractivity contribution in [2.24, 2.45) is 0 Å². The Morgan fingerprint density at radius 1 is 1.07 bits per heavy atom. The molecule has 0 heterocycles. The fraction of sp³-hybridized carbons (Fsp3) is 0.263. The lowest BCUT2D eigenvalue weighted by Gasteiger charge is -2.09. The van der Waals surface area contributed by atoms with Crippen LogP contribution in [0.5, 0.6) is 5.75 Å². The smallest absolute Gasteiger partial charge is 0.292 e. The number of aromatic hydroxyl groups is 1. The summed E-state index contributed by atoms with van der Waals surface area (Å²) in [6, 6.07) is 10.6. The van der Waals surface area contributed by atoms with Crippen molar-refractivity contribution in [3.05, 3.63) is 63.7 Å². The third-order valence-corrected chi connectivity index (χ3v) is 3.88. The van der Waals surface area contributed by atoms with Gasteiger partial charge in [0.15, 0.2) is 0 Å². The number of amides is 2. The van der Waals surface area contributed by atoms with Crippen LogP contribution >= 0.6 is 0 Å². The number of nitro benzene ring substituents is 1. The van der Waals surface area contributed by atoms with Gasteiger partial charge in [-0.2, -0.15) is 0 Å². The highest BCUT2D eigenvalue weighted by atomic mass is 16.6. The zero-order chi connectivity index (χ0) is 20.5. The van der Waals surface area contributed by atoms with Crippen LogP contribution in [-0.4, -0.2) is 41.5 Å². The van der Waals surface area contributed by atoms with E-state index in [-0.39, 0.29) is 23.9 Å². The van der Waals surface area contributed by atoms with Gasteiger partial charge < -0.3 is 21.1 Å². The number of anilines is 1. The Kier molecular flexibility index (Phi) is 7.32. The number of hydrogen-bond acceptors (Lipinski definition) is 6. The van der Waals surface area contributed by atoms with Gasteiger partial charge in [-0.05, 0) is 49.2 Å². The Balaban J connectivity index is 1.67. The predicted molar refractivity (Wildman–Crippen MR) is 104 cm³/mol. The maximum Gasteiger partial charge on any atom is 0.292 e. The van der Waals surface area contributed by atoms with Crippen LogP contribution in [0.2, 0.25) is 0 Å². The molecule has 0 fully saturated rings. The maximum absolute atomic E-state index is 11.9. The van der Waals surface area contributed by atoms with Crippen LogP contribution in [0.15, 0.2) is 42.5 Å². The fourth-order valence-corrected chi connectivity index (χ4v) is 2.42. The van der Waals surface area contributed by atoms with Crippen molar-refractivity contribution in [2.75, 3.05) is 25.0 Å². The van der Waals surface area contributed by atoms with Crippen molar-refractivity contribution in [1.29, 1.82) is 0 Å². The average molecular weight is 386 g/mol. The number of phenols is 1. The predicted octanol–water partition coefficient (Wildman–Crippen LogP) is 1.96. The van der Waals surface area contributed by atoms with Crippen molar-refractivity contribution >= 4 is 23.2 Å². The summed E-state index contributed by atoms with van der Waals surface area (Å²) < 4.78 is 0. The van der Waals surface area contributed by atoms with E-state index in [0.717, 1.165) is 5.56 Å². The molecule has 0 aromatic heterocycles. The van der Waals surface area contributed by atoms with Crippen LogP contribution in [0.4, 0.5) is 11.4 Å². The molecule has 0 spiro atoms. The number of hydrogen-bond donors (Lipinski definition) is 4. The highest BCUT2D eigenvalue weighted by molar-refractivity contribution is 5.96. The van der Waals surface area contributed by atoms with E-state index in [2.05, 4.69) is 16.0 Å². The quantitative estimate of drug-likeness (QED) is 0.296. The minimum atomic E-state index is -0.437. The number of carbonyl (C=O) groups is 2. The summed E-state index contributed by atoms with van der Waals surface area (Å²) in [5.74, 6) is -0.698. The van der Waals surface area contributed by atoms with Crippen LogP contribution in [0.1, 0.15) is 22.3 Å². The number of benzene rings is 2. The minimum Gasteiger partial charge on any atom is -0.508 e. The van der Waals surface area contributed by atoms with Gasteiger partial charge in [0, 0.05) is 24.7 Å². The van der Waals surface area contributed by atoms with Crippen molar-refractivity contribution in [1.82, 2.24) is 10.6 Å². The molecule has 28 heavy (non-hydrogen) atoms. The van der Waals surface area contributed by atoms with Crippen LogP contribution < -0.4 is 16.0 Å². The highest BCUT2D eigenvalue weighted by Crippen LogP contribution is 2.25. The summed E-state index contributed by atoms with van der Waals surface area (Å²) in [6.45, 7) is 2.42. The number of phenolic OH excluding ortho intramolecular Hbond substituents is 1. The van der Waals surface area contributed by atoms with Crippen LogP contribution in [0.3, 0.4) is 0 Å². The van der Waals surface area contributed by atoms with Crippen molar-refractivity contribution < 1.29 is 19.6 Å². The average Bonchev–Trinajstić information content (AvgIpc) is 2.67. The first-order chi connectivity index (χ1) is 13.4. The van der Waals surface area contributed by atoms with E-state index in [1.807, 2.05) is 0 Å². The first kappa shape index (κ1) is 20.7. The van der Waals surface area contributed by atoms with Gasteiger partial charge in [-0.15, -0.1) is 0 Å². The number of nitrogens with one attached hydrogen (secondary N) is 3. The van der Waals surface area contributed by atoms with Crippen LogP contribution in [0, 0.1) is 17.0 Å². The number of rotatable bonds is 9. The lowest BCUT2D eigenvalue weighted by molar-refractivity contribution is -0.384. The minimum absolute atomic E-state index is 0.0148. The van der Waals surface area contributed by atoms with E-state index < -0.39 is 10.8 Å². The molecule has 9 heteroatoms. The number of nitrogens with zero attached hydrogens (tertiary/aromatic N) is 1. The first-order valence-electron chi connectivity index (χ1n) is 8.69. The van der Waals surface area contributed by atoms with E-state index in [0.29, 0.717) is 30.8 Å². The van der Waals surface area contributed by atoms with E-state index in [1.54, 1.807) is 19.1 Å². The summed E-state index contributed by atoms with van der Waals surface area (Å²) in [4.78, 5) is 34.3. The topological polar surface area (TPSA) is 134 Å². The Bertz CT molecular complexity index is 852. The summed E-state index contributed by atoms with van der Waals surface area (Å²) >= 11 is 0. The van der Waals surface area contributed by atoms with E-state index in [9.17, 15) is 24.8 Å². The van der Waals surface area contributed by atoms with Gasteiger partial charge in [0.1, 0.15) is 11.4 Å². The zero-order valence-corrected chi connectivity index (χ0v) is 15.4. The van der Waals surface area contributed by atoms with Gasteiger partial charge in [0.25, 0.3) is 11.6 Å². The Hall–Kier alpha value is -3.62. The molecule has 0 radical (unpaired) electrons. The number of carbonyl (C=O) groups excluding carboxylic acids is 2. The molecule has 2 aromatic rings. The normalized spacial score (nSPS) is 10.2. The molecular formula is C19H22N4O5. The largest absolute Gasteiger partial charge is 0.508 e. The van der Waals surface area contributed by atoms with E-state index in [1.165, 1.54) is 30.3 Å². The first-order valence-corrected chi connectivity index (χ1v) is 8.69. The van der Waals surface area contributed by atoms with Crippen LogP contribution in [0.25, 0.3) is 0 Å². The van der Waals surface area contributed by atoms with Gasteiger partial charge in [0.2, 0.25) is 5.91 Å². The molecule has 0 saturated carbocycles. The third kappa shape index (κ3) is 6.27. The molecule has 4 N–H and O–H groups in total. The third-order valence-electron chi connectivity index (χ3n) is 3.88. The van der Waals surface area contributed by atoms with Gasteiger partial charge >= 0.3 is 0 Å². The van der Waals surface area contributed by atoms with Crippen molar-refractivity contribution in [2.45, 2.75) is 13.3 Å². The zero-order valence-electron chi connectivity index (χ0n) is 15.4. The lowest BCUT2D eigenvalue weighted by Crippen LogP contribution is -2.37. The van der Waals surface area contributed by atoms with Crippen molar-refractivity contribution in [3.63, 3.8) is 0 Å². The molecule has 0 unspecified atom stereocenters. The molecule has 0 saturated heterocycles. The molecule has 2 amide bonds. The molecular weight excluding hydrogens is 364 g/mol. The molecule has 148 valence electrons. The van der Waals surface area contributed by atoms with Gasteiger partial charge in [-0.3, -0.25) is 19.7 Å². The van der Waals surface area contributed by atoms with Crippen LogP contribution in [-0.2, 0) is 4.79 Å². The standard InChI is InChI=1S/C19H22N4O5/c1-13-3-8-16(17(11-13)23(27)28)20-9-2-10-21-18(25)12-22-19(26)14-4-6-15(24)7-5-14/h3-8,11,20,24H,2,9-10,12H2,1H3,(H,21,25)(H,22,26). The highest BCUT2D eigenvalue weighted by Gasteiger charge is 2.13. The second-order valence-corrected chi connectivity index (χ2v) is 6.14. The molecule has 0 aliphatic heterocycles. The Labute approximate surface area is 161 Å². The van der Waals surface area contributed by atoms with Crippen molar-refractivity contribution in [3.8, 4) is 5.75 Å². The molecule has 0 atom stereocenters. The number of nitro groups is 1. The SMILES string of the molecule is Cc1ccc(NCCCNC(=O)CNC(=O)c2ccc(O)cc2)c([N+](=O)[O-])c1. The lowest BCUT2D eigenvalue weighted by atomic mass is 10.2. The summed E-state index contributed by atoms with van der Waals surface area (Å²) in [7, 11) is 0. The summed E-state index contributed by atoms with van der Waals surface area (Å²) in [5, 5.41) is 28.4. The summed E-state index contributed by atoms with van der Waals surface area (Å²) in [6.07, 6.45) is 0.558. The maximum atomic E-state index is 11.9. The molecule has 0 aliphatic rings.